The van der Waals surface area contributed by atoms with Gasteiger partial charge in [0, 0.05) is 12.6 Å². The molecular formula is C12H13N5O3. The second-order valence-electron chi connectivity index (χ2n) is 4.08. The number of carboxylic acids is 1. The maximum atomic E-state index is 11.9. The summed E-state index contributed by atoms with van der Waals surface area (Å²) in [6.07, 6.45) is 4.14. The van der Waals surface area contributed by atoms with Gasteiger partial charge in [-0.05, 0) is 12.5 Å². The second kappa shape index (κ2) is 5.91. The van der Waals surface area contributed by atoms with Gasteiger partial charge in [-0.3, -0.25) is 14.9 Å². The molecule has 20 heavy (non-hydrogen) atoms. The van der Waals surface area contributed by atoms with Crippen molar-refractivity contribution in [2.75, 3.05) is 5.32 Å². The van der Waals surface area contributed by atoms with Crippen LogP contribution in [0.1, 0.15) is 40.1 Å². The van der Waals surface area contributed by atoms with Gasteiger partial charge in [-0.2, -0.15) is 0 Å². The first-order valence-electron chi connectivity index (χ1n) is 6.01. The summed E-state index contributed by atoms with van der Waals surface area (Å²) in [6.45, 7) is 1.99. The number of nitrogens with zero attached hydrogens (tertiary/aromatic N) is 3. The fourth-order valence-electron chi connectivity index (χ4n) is 1.56. The number of aromatic carboxylic acids is 1. The Labute approximate surface area is 114 Å². The molecule has 8 nitrogen and oxygen atoms in total. The molecule has 0 unspecified atom stereocenters. The van der Waals surface area contributed by atoms with Crippen LogP contribution in [0, 0.1) is 0 Å². The second-order valence-corrected chi connectivity index (χ2v) is 4.08. The number of hydrogen-bond acceptors (Lipinski definition) is 5. The van der Waals surface area contributed by atoms with Gasteiger partial charge in [0.15, 0.2) is 0 Å². The summed E-state index contributed by atoms with van der Waals surface area (Å²) in [4.78, 5) is 30.5. The summed E-state index contributed by atoms with van der Waals surface area (Å²) < 4.78 is 0. The van der Waals surface area contributed by atoms with Crippen LogP contribution in [0.2, 0.25) is 0 Å². The Hall–Kier alpha value is -2.77. The molecule has 2 rings (SSSR count). The predicted octanol–water partition coefficient (Wildman–Crippen LogP) is 1.10. The minimum atomic E-state index is -1.11. The third-order valence-electron chi connectivity index (χ3n) is 2.46. The van der Waals surface area contributed by atoms with E-state index >= 15 is 0 Å². The zero-order chi connectivity index (χ0) is 14.5. The van der Waals surface area contributed by atoms with E-state index in [-0.39, 0.29) is 17.1 Å². The van der Waals surface area contributed by atoms with E-state index in [2.05, 4.69) is 25.5 Å². The minimum absolute atomic E-state index is 0.00850. The van der Waals surface area contributed by atoms with Gasteiger partial charge in [0.1, 0.15) is 5.82 Å². The number of aromatic amines is 1. The lowest BCUT2D eigenvalue weighted by molar-refractivity contribution is 0.0696. The number of amides is 1. The van der Waals surface area contributed by atoms with Crippen molar-refractivity contribution in [1.82, 2.24) is 20.2 Å². The number of pyridine rings is 1. The largest absolute Gasteiger partial charge is 0.478 e. The van der Waals surface area contributed by atoms with Crippen LogP contribution >= 0.6 is 0 Å². The lowest BCUT2D eigenvalue weighted by Crippen LogP contribution is -2.14. The van der Waals surface area contributed by atoms with E-state index in [4.69, 9.17) is 5.11 Å². The van der Waals surface area contributed by atoms with Crippen molar-refractivity contribution in [2.24, 2.45) is 0 Å². The molecule has 8 heteroatoms. The minimum Gasteiger partial charge on any atom is -0.478 e. The van der Waals surface area contributed by atoms with Gasteiger partial charge in [0.05, 0.1) is 17.4 Å². The Bertz CT molecular complexity index is 638. The number of nitrogens with one attached hydrogen (secondary N) is 2. The molecule has 0 atom stereocenters. The van der Waals surface area contributed by atoms with Gasteiger partial charge in [-0.15, -0.1) is 5.10 Å². The number of anilines is 1. The molecule has 1 amide bonds. The maximum Gasteiger partial charge on any atom is 0.337 e. The number of carboxylic acid groups (broad SMARTS) is 1. The smallest absolute Gasteiger partial charge is 0.337 e. The quantitative estimate of drug-likeness (QED) is 0.751. The van der Waals surface area contributed by atoms with E-state index < -0.39 is 11.9 Å². The van der Waals surface area contributed by atoms with E-state index in [1.807, 2.05) is 6.92 Å². The zero-order valence-corrected chi connectivity index (χ0v) is 10.8. The number of hydrogen-bond donors (Lipinski definition) is 3. The third kappa shape index (κ3) is 3.16. The molecule has 0 radical (unpaired) electrons. The molecule has 0 fully saturated rings. The standard InChI is InChI=1S/C12H13N5O3/c1-2-3-9-15-10(17-16-9)11(18)14-8-4-7(12(19)20)5-13-6-8/h4-6H,2-3H2,1H3,(H,14,18)(H,19,20)(H,15,16,17). The molecular weight excluding hydrogens is 262 g/mol. The van der Waals surface area contributed by atoms with E-state index in [1.165, 1.54) is 18.5 Å². The average Bonchev–Trinajstić information content (AvgIpc) is 2.88. The molecule has 0 saturated carbocycles. The van der Waals surface area contributed by atoms with Crippen LogP contribution in [0.15, 0.2) is 18.5 Å². The Kier molecular flexibility index (Phi) is 4.04. The summed E-state index contributed by atoms with van der Waals surface area (Å²) in [6, 6.07) is 1.31. The fraction of sp³-hybridized carbons (Fsp3) is 0.250. The van der Waals surface area contributed by atoms with Crippen LogP contribution in [0.5, 0.6) is 0 Å². The highest BCUT2D eigenvalue weighted by Crippen LogP contribution is 2.09. The summed E-state index contributed by atoms with van der Waals surface area (Å²) >= 11 is 0. The summed E-state index contributed by atoms with van der Waals surface area (Å²) in [5.74, 6) is -0.992. The molecule has 0 saturated heterocycles. The lowest BCUT2D eigenvalue weighted by atomic mass is 10.2. The Morgan fingerprint density at radius 2 is 2.20 bits per heavy atom. The van der Waals surface area contributed by atoms with Crippen molar-refractivity contribution in [3.8, 4) is 0 Å². The number of carbonyl (C=O) groups excluding carboxylic acids is 1. The predicted molar refractivity (Wildman–Crippen MR) is 69.5 cm³/mol. The number of rotatable bonds is 5. The van der Waals surface area contributed by atoms with Gasteiger partial charge >= 0.3 is 5.97 Å². The highest BCUT2D eigenvalue weighted by molar-refractivity contribution is 6.02. The van der Waals surface area contributed by atoms with Crippen molar-refractivity contribution in [2.45, 2.75) is 19.8 Å². The fourth-order valence-corrected chi connectivity index (χ4v) is 1.56. The summed E-state index contributed by atoms with van der Waals surface area (Å²) in [5, 5.41) is 17.8. The molecule has 2 heterocycles. The van der Waals surface area contributed by atoms with Crippen molar-refractivity contribution < 1.29 is 14.7 Å². The number of aryl methyl sites for hydroxylation is 1. The summed E-state index contributed by atoms with van der Waals surface area (Å²) in [5.41, 5.74) is 0.265. The van der Waals surface area contributed by atoms with Gasteiger partial charge in [-0.25, -0.2) is 9.78 Å². The monoisotopic (exact) mass is 275 g/mol. The lowest BCUT2D eigenvalue weighted by Gasteiger charge is -2.02. The van der Waals surface area contributed by atoms with E-state index in [0.717, 1.165) is 6.42 Å². The number of aromatic nitrogens is 4. The molecule has 0 aliphatic rings. The van der Waals surface area contributed by atoms with Crippen molar-refractivity contribution in [3.05, 3.63) is 35.7 Å². The molecule has 3 N–H and O–H groups in total. The maximum absolute atomic E-state index is 11.9. The van der Waals surface area contributed by atoms with Crippen molar-refractivity contribution >= 4 is 17.6 Å². The SMILES string of the molecule is CCCc1nc(C(=O)Nc2cncc(C(=O)O)c2)n[nH]1. The van der Waals surface area contributed by atoms with Gasteiger partial charge in [-0.1, -0.05) is 6.92 Å². The first-order chi connectivity index (χ1) is 9.60. The summed E-state index contributed by atoms with van der Waals surface area (Å²) in [7, 11) is 0. The molecule has 104 valence electrons. The van der Waals surface area contributed by atoms with Gasteiger partial charge in [0.25, 0.3) is 5.91 Å². The molecule has 0 spiro atoms. The van der Waals surface area contributed by atoms with Crippen molar-refractivity contribution in [3.63, 3.8) is 0 Å². The number of H-pyrrole nitrogens is 1. The Morgan fingerprint density at radius 3 is 2.90 bits per heavy atom. The van der Waals surface area contributed by atoms with Crippen LogP contribution in [-0.4, -0.2) is 37.1 Å². The molecule has 0 aromatic carbocycles. The van der Waals surface area contributed by atoms with Gasteiger partial charge < -0.3 is 10.4 Å². The Balaban J connectivity index is 2.10. The van der Waals surface area contributed by atoms with Crippen molar-refractivity contribution in [1.29, 1.82) is 0 Å². The van der Waals surface area contributed by atoms with E-state index in [9.17, 15) is 9.59 Å². The molecule has 2 aromatic heterocycles. The highest BCUT2D eigenvalue weighted by Gasteiger charge is 2.13. The Morgan fingerprint density at radius 1 is 1.40 bits per heavy atom. The van der Waals surface area contributed by atoms with Crippen LogP contribution in [-0.2, 0) is 6.42 Å². The molecule has 0 aliphatic carbocycles. The highest BCUT2D eigenvalue weighted by atomic mass is 16.4. The first kappa shape index (κ1) is 13.7. The van der Waals surface area contributed by atoms with Crippen LogP contribution in [0.4, 0.5) is 5.69 Å². The molecule has 0 aliphatic heterocycles. The van der Waals surface area contributed by atoms with E-state index in [1.54, 1.807) is 0 Å². The van der Waals surface area contributed by atoms with Crippen LogP contribution in [0.25, 0.3) is 0 Å². The average molecular weight is 275 g/mol. The first-order valence-corrected chi connectivity index (χ1v) is 6.01. The van der Waals surface area contributed by atoms with Crippen LogP contribution in [0.3, 0.4) is 0 Å². The number of carbonyl (C=O) groups is 2. The zero-order valence-electron chi connectivity index (χ0n) is 10.8. The third-order valence-corrected chi connectivity index (χ3v) is 2.46. The topological polar surface area (TPSA) is 121 Å². The molecule has 0 bridgehead atoms. The normalized spacial score (nSPS) is 10.2. The van der Waals surface area contributed by atoms with Gasteiger partial charge in [0.2, 0.25) is 5.82 Å². The van der Waals surface area contributed by atoms with E-state index in [0.29, 0.717) is 12.2 Å². The molecule has 2 aromatic rings. The van der Waals surface area contributed by atoms with Crippen LogP contribution < -0.4 is 5.32 Å².